The first-order valence-corrected chi connectivity index (χ1v) is 41.1. The standard InChI is InChI=1S/C46H28.C36H24.C23H14O.C13H12/c1-3-9-29(10-4-1)45(39-27-23-35-19-17-31-13-7-15-33-21-25-37(39)43(35)41(31)33)46(30-11-5-2-6-12-30)40-28-24-36-20-18-32-14-8-16-34-22-26-38(40)44(36)42(32)34;1-4-11-25(12-5-1)33(26-13-6-2-7-14-26)35(27-15-8-3-9-16-27)31-24-22-30-20-19-28-17-10-18-29-21-23-32(31)36(30)34(28)29;24-23(18-5-2-1-3-6-18)20-14-12-17-10-9-15-7-4-8-16-11-13-19(20)22(17)21(15)16;1-3-7-12(8-4-1)11-13-9-5-2-6-10-13/h1-28H;1-24H;1-14H;1-10H,11H2. The molecule has 0 amide bonds. The second kappa shape index (κ2) is 31.1. The highest BCUT2D eigenvalue weighted by Gasteiger charge is 2.25. The Labute approximate surface area is 691 Å². The van der Waals surface area contributed by atoms with Gasteiger partial charge in [-0.25, -0.2) is 0 Å². The molecule has 1 nitrogen and oxygen atoms in total. The van der Waals surface area contributed by atoms with E-state index in [0.717, 1.165) is 22.9 Å². The topological polar surface area (TPSA) is 17.1 Å². The minimum atomic E-state index is 0.0773. The zero-order chi connectivity index (χ0) is 79.1. The molecule has 0 aromatic heterocycles. The van der Waals surface area contributed by atoms with Crippen molar-refractivity contribution >= 4 is 157 Å². The van der Waals surface area contributed by atoms with Gasteiger partial charge in [0.2, 0.25) is 0 Å². The van der Waals surface area contributed by atoms with Gasteiger partial charge in [0.1, 0.15) is 0 Å². The quantitative estimate of drug-likeness (QED) is 0.0677. The lowest BCUT2D eigenvalue weighted by Gasteiger charge is -2.22. The number of hydrogen-bond acceptors (Lipinski definition) is 1. The molecule has 0 aliphatic heterocycles. The molecule has 0 atom stereocenters. The van der Waals surface area contributed by atoms with Gasteiger partial charge < -0.3 is 0 Å². The molecule has 0 heterocycles. The molecule has 24 aromatic rings. The molecule has 0 spiro atoms. The molecule has 0 radical (unpaired) electrons. The highest BCUT2D eigenvalue weighted by molar-refractivity contribution is 6.31. The highest BCUT2D eigenvalue weighted by Crippen LogP contribution is 2.49. The highest BCUT2D eigenvalue weighted by atomic mass is 16.1. The van der Waals surface area contributed by atoms with Crippen LogP contribution in [0, 0.1) is 0 Å². The summed E-state index contributed by atoms with van der Waals surface area (Å²) in [5.41, 5.74) is 19.1. The molecular formula is C118H78O. The van der Waals surface area contributed by atoms with Gasteiger partial charge in [0.05, 0.1) is 0 Å². The number of rotatable bonds is 12. The number of hydrogen-bond donors (Lipinski definition) is 0. The lowest BCUT2D eigenvalue weighted by atomic mass is 9.80. The van der Waals surface area contributed by atoms with E-state index >= 15 is 0 Å². The molecule has 1 heteroatoms. The van der Waals surface area contributed by atoms with Gasteiger partial charge in [-0.05, 0) is 220 Å². The van der Waals surface area contributed by atoms with Crippen molar-refractivity contribution in [2.45, 2.75) is 6.42 Å². The summed E-state index contributed by atoms with van der Waals surface area (Å²) in [6.07, 6.45) is 1.03. The van der Waals surface area contributed by atoms with Crippen LogP contribution in [0.2, 0.25) is 0 Å². The van der Waals surface area contributed by atoms with Crippen LogP contribution in [0.4, 0.5) is 0 Å². The molecule has 0 fully saturated rings. The van der Waals surface area contributed by atoms with Gasteiger partial charge in [-0.15, -0.1) is 0 Å². The van der Waals surface area contributed by atoms with Crippen molar-refractivity contribution in [3.8, 4) is 0 Å². The minimum absolute atomic E-state index is 0.0773. The molecule has 0 unspecified atom stereocenters. The first-order chi connectivity index (χ1) is 59.0. The Kier molecular flexibility index (Phi) is 18.6. The number of carbonyl (C=O) groups excluding carboxylic acids is 1. The molecule has 0 bridgehead atoms. The van der Waals surface area contributed by atoms with Crippen LogP contribution in [-0.2, 0) is 6.42 Å². The first-order valence-electron chi connectivity index (χ1n) is 41.1. The Hall–Kier alpha value is -15.4. The van der Waals surface area contributed by atoms with E-state index in [1.807, 2.05) is 36.4 Å². The van der Waals surface area contributed by atoms with E-state index in [2.05, 4.69) is 425 Å². The minimum Gasteiger partial charge on any atom is -0.289 e. The van der Waals surface area contributed by atoms with E-state index in [9.17, 15) is 4.79 Å². The second-order valence-electron chi connectivity index (χ2n) is 31.0. The predicted molar refractivity (Wildman–Crippen MR) is 508 cm³/mol. The molecule has 0 aliphatic rings. The molecular weight excluding hydrogens is 1430 g/mol. The van der Waals surface area contributed by atoms with E-state index in [-0.39, 0.29) is 5.78 Å². The number of ketones is 1. The zero-order valence-electron chi connectivity index (χ0n) is 65.5. The molecule has 0 saturated carbocycles. The summed E-state index contributed by atoms with van der Waals surface area (Å²) in [5.74, 6) is 0.0773. The third kappa shape index (κ3) is 13.2. The Morgan fingerprint density at radius 2 is 0.328 bits per heavy atom. The van der Waals surface area contributed by atoms with Crippen LogP contribution < -0.4 is 0 Å². The van der Waals surface area contributed by atoms with Crippen LogP contribution in [0.3, 0.4) is 0 Å². The van der Waals surface area contributed by atoms with Crippen molar-refractivity contribution in [2.24, 2.45) is 0 Å². The number of carbonyl (C=O) groups is 1. The SMILES string of the molecule is O=C(c1ccccc1)c1ccc2ccc3cccc4ccc1c2c34.c1ccc(C(=C(c2ccccc2)c2ccc3ccc4cccc5ccc2c3c45)c2ccc3ccc4cccc5ccc2c3c45)cc1.c1ccc(C(=C(c2ccccc2)c2ccc3ccc4cccc5ccc2c3c45)c2ccccc2)cc1.c1ccc(Cc2ccccc2)cc1. The van der Waals surface area contributed by atoms with Crippen molar-refractivity contribution in [1.82, 2.24) is 0 Å². The van der Waals surface area contributed by atoms with Gasteiger partial charge in [0.15, 0.2) is 5.78 Å². The molecule has 556 valence electrons. The van der Waals surface area contributed by atoms with Crippen LogP contribution in [0.5, 0.6) is 0 Å². The van der Waals surface area contributed by atoms with E-state index < -0.39 is 0 Å². The molecule has 24 rings (SSSR count). The van der Waals surface area contributed by atoms with E-state index in [1.165, 1.54) is 202 Å². The van der Waals surface area contributed by atoms with E-state index in [1.54, 1.807) is 0 Å². The van der Waals surface area contributed by atoms with Crippen molar-refractivity contribution in [3.05, 3.63) is 528 Å². The first kappa shape index (κ1) is 71.4. The third-order valence-corrected chi connectivity index (χ3v) is 24.1. The maximum Gasteiger partial charge on any atom is 0.193 e. The maximum absolute atomic E-state index is 13.0. The lowest BCUT2D eigenvalue weighted by molar-refractivity contribution is 0.104. The van der Waals surface area contributed by atoms with Gasteiger partial charge in [0, 0.05) is 11.1 Å². The summed E-state index contributed by atoms with van der Waals surface area (Å²) in [7, 11) is 0. The lowest BCUT2D eigenvalue weighted by Crippen LogP contribution is -2.02. The van der Waals surface area contributed by atoms with Crippen LogP contribution in [0.25, 0.3) is 152 Å². The van der Waals surface area contributed by atoms with Crippen LogP contribution >= 0.6 is 0 Å². The Balaban J connectivity index is 0.000000107. The fourth-order valence-corrected chi connectivity index (χ4v) is 18.7. The van der Waals surface area contributed by atoms with E-state index in [4.69, 9.17) is 0 Å². The average Bonchev–Trinajstić information content (AvgIpc) is 0.717. The monoisotopic (exact) mass is 1510 g/mol. The van der Waals surface area contributed by atoms with Crippen LogP contribution in [0.15, 0.2) is 461 Å². The Morgan fingerprint density at radius 3 is 0.588 bits per heavy atom. The third-order valence-electron chi connectivity index (χ3n) is 24.1. The predicted octanol–water partition coefficient (Wildman–Crippen LogP) is 31.2. The van der Waals surface area contributed by atoms with Crippen molar-refractivity contribution in [1.29, 1.82) is 0 Å². The van der Waals surface area contributed by atoms with E-state index in [0.29, 0.717) is 0 Å². The van der Waals surface area contributed by atoms with Crippen molar-refractivity contribution in [3.63, 3.8) is 0 Å². The van der Waals surface area contributed by atoms with Gasteiger partial charge in [-0.1, -0.05) is 455 Å². The van der Waals surface area contributed by atoms with Crippen LogP contribution in [0.1, 0.15) is 71.6 Å². The average molecular weight is 1510 g/mol. The molecule has 24 aromatic carbocycles. The smallest absolute Gasteiger partial charge is 0.193 e. The normalized spacial score (nSPS) is 11.7. The summed E-state index contributed by atoms with van der Waals surface area (Å²) < 4.78 is 0. The fourth-order valence-electron chi connectivity index (χ4n) is 18.7. The largest absolute Gasteiger partial charge is 0.289 e. The van der Waals surface area contributed by atoms with Gasteiger partial charge in [-0.2, -0.15) is 0 Å². The molecule has 119 heavy (non-hydrogen) atoms. The fraction of sp³-hybridized carbons (Fsp3) is 0.00847. The molecule has 0 saturated heterocycles. The summed E-state index contributed by atoms with van der Waals surface area (Å²) in [6.45, 7) is 0. The van der Waals surface area contributed by atoms with Gasteiger partial charge in [-0.3, -0.25) is 4.79 Å². The summed E-state index contributed by atoms with van der Waals surface area (Å²) in [5, 5.41) is 30.6. The van der Waals surface area contributed by atoms with Gasteiger partial charge >= 0.3 is 0 Å². The van der Waals surface area contributed by atoms with Gasteiger partial charge in [0.25, 0.3) is 0 Å². The maximum atomic E-state index is 13.0. The summed E-state index contributed by atoms with van der Waals surface area (Å²) in [4.78, 5) is 13.0. The zero-order valence-corrected chi connectivity index (χ0v) is 65.5. The Bertz CT molecular complexity index is 7540. The van der Waals surface area contributed by atoms with Crippen LogP contribution in [-0.4, -0.2) is 5.78 Å². The Morgan fingerprint density at radius 1 is 0.143 bits per heavy atom. The second-order valence-corrected chi connectivity index (χ2v) is 31.0. The molecule has 0 N–H and O–H groups in total. The summed E-state index contributed by atoms with van der Waals surface area (Å²) in [6, 6.07) is 165. The van der Waals surface area contributed by atoms with Crippen molar-refractivity contribution < 1.29 is 4.79 Å². The number of benzene rings is 24. The van der Waals surface area contributed by atoms with Crippen molar-refractivity contribution in [2.75, 3.05) is 0 Å². The summed E-state index contributed by atoms with van der Waals surface area (Å²) >= 11 is 0. The molecule has 0 aliphatic carbocycles.